The summed E-state index contributed by atoms with van der Waals surface area (Å²) in [5.74, 6) is 0.588. The molecule has 6 heteroatoms. The van der Waals surface area contributed by atoms with Crippen molar-refractivity contribution in [2.45, 2.75) is 6.92 Å². The van der Waals surface area contributed by atoms with Crippen LogP contribution in [0.5, 0.6) is 0 Å². The molecule has 21 heavy (non-hydrogen) atoms. The van der Waals surface area contributed by atoms with Gasteiger partial charge in [-0.15, -0.1) is 0 Å². The maximum absolute atomic E-state index is 6.32. The van der Waals surface area contributed by atoms with Crippen molar-refractivity contribution in [2.24, 2.45) is 0 Å². The Morgan fingerprint density at radius 1 is 1.00 bits per heavy atom. The van der Waals surface area contributed by atoms with E-state index in [-0.39, 0.29) is 0 Å². The van der Waals surface area contributed by atoms with Gasteiger partial charge in [-0.05, 0) is 58.7 Å². The van der Waals surface area contributed by atoms with Gasteiger partial charge in [-0.3, -0.25) is 0 Å². The summed E-state index contributed by atoms with van der Waals surface area (Å²) >= 11 is 19.3. The number of halogens is 4. The normalized spacial score (nSPS) is 11.1. The molecule has 0 aliphatic heterocycles. The van der Waals surface area contributed by atoms with E-state index in [1.165, 1.54) is 0 Å². The maximum Gasteiger partial charge on any atom is 0.161 e. The average molecular weight is 447 g/mol. The number of rotatable bonds is 1. The zero-order valence-electron chi connectivity index (χ0n) is 10.8. The van der Waals surface area contributed by atoms with Gasteiger partial charge in [-0.1, -0.05) is 39.1 Å². The van der Waals surface area contributed by atoms with Crippen LogP contribution in [0.25, 0.3) is 22.3 Å². The van der Waals surface area contributed by atoms with Gasteiger partial charge in [0.15, 0.2) is 5.82 Å². The highest BCUT2D eigenvalue weighted by atomic mass is 79.9. The number of fused-ring (bicyclic) bond motifs is 1. The molecule has 0 bridgehead atoms. The predicted octanol–water partition coefficient (Wildman–Crippen LogP) is 6.44. The van der Waals surface area contributed by atoms with Crippen molar-refractivity contribution in [3.63, 3.8) is 0 Å². The second kappa shape index (κ2) is 5.84. The summed E-state index contributed by atoms with van der Waals surface area (Å²) in [5, 5.41) is 1.91. The van der Waals surface area contributed by atoms with Crippen LogP contribution in [0.15, 0.2) is 39.3 Å². The van der Waals surface area contributed by atoms with Crippen LogP contribution >= 0.6 is 55.1 Å². The molecule has 3 aromatic rings. The largest absolute Gasteiger partial charge is 0.227 e. The van der Waals surface area contributed by atoms with Gasteiger partial charge in [0.2, 0.25) is 0 Å². The molecule has 0 aliphatic rings. The van der Waals surface area contributed by atoms with E-state index >= 15 is 0 Å². The number of hydrogen-bond donors (Lipinski definition) is 0. The van der Waals surface area contributed by atoms with Crippen LogP contribution in [0.1, 0.15) is 5.56 Å². The molecule has 106 valence electrons. The highest BCUT2D eigenvalue weighted by Crippen LogP contribution is 2.33. The Hall–Kier alpha value is -0.680. The van der Waals surface area contributed by atoms with Crippen LogP contribution in [-0.2, 0) is 0 Å². The summed E-state index contributed by atoms with van der Waals surface area (Å²) in [6.45, 7) is 1.97. The monoisotopic (exact) mass is 444 g/mol. The van der Waals surface area contributed by atoms with Crippen molar-refractivity contribution in [1.29, 1.82) is 0 Å². The minimum Gasteiger partial charge on any atom is -0.227 e. The van der Waals surface area contributed by atoms with Crippen LogP contribution in [0, 0.1) is 6.92 Å². The molecule has 1 heterocycles. The smallest absolute Gasteiger partial charge is 0.161 e. The van der Waals surface area contributed by atoms with Crippen LogP contribution in [-0.4, -0.2) is 9.97 Å². The SMILES string of the molecule is Cc1cc(Cl)ccc1-c1nc(Cl)c2cc(Br)cc(Br)c2n1. The fourth-order valence-corrected chi connectivity index (χ4v) is 3.88. The molecule has 0 N–H and O–H groups in total. The number of hydrogen-bond acceptors (Lipinski definition) is 2. The summed E-state index contributed by atoms with van der Waals surface area (Å²) in [6.07, 6.45) is 0. The zero-order chi connectivity index (χ0) is 15.1. The first kappa shape index (κ1) is 15.2. The lowest BCUT2D eigenvalue weighted by Crippen LogP contribution is -1.94. The lowest BCUT2D eigenvalue weighted by atomic mass is 10.1. The third kappa shape index (κ3) is 2.95. The van der Waals surface area contributed by atoms with Crippen molar-refractivity contribution in [3.8, 4) is 11.4 Å². The minimum absolute atomic E-state index is 0.423. The average Bonchev–Trinajstić information content (AvgIpc) is 2.40. The molecule has 0 atom stereocenters. The van der Waals surface area contributed by atoms with Crippen LogP contribution in [0.2, 0.25) is 10.2 Å². The number of benzene rings is 2. The molecule has 0 radical (unpaired) electrons. The predicted molar refractivity (Wildman–Crippen MR) is 95.1 cm³/mol. The number of nitrogens with zero attached hydrogens (tertiary/aromatic N) is 2. The van der Waals surface area contributed by atoms with E-state index in [0.29, 0.717) is 16.0 Å². The molecular weight excluding hydrogens is 439 g/mol. The Bertz CT molecular complexity index is 866. The summed E-state index contributed by atoms with van der Waals surface area (Å²) in [4.78, 5) is 9.04. The van der Waals surface area contributed by atoms with Crippen LogP contribution in [0.4, 0.5) is 0 Å². The first-order valence-electron chi connectivity index (χ1n) is 6.04. The van der Waals surface area contributed by atoms with Crippen LogP contribution in [0.3, 0.4) is 0 Å². The van der Waals surface area contributed by atoms with Gasteiger partial charge < -0.3 is 0 Å². The van der Waals surface area contributed by atoms with Gasteiger partial charge in [0, 0.05) is 24.9 Å². The summed E-state index contributed by atoms with van der Waals surface area (Å²) in [5.41, 5.74) is 2.70. The Labute approximate surface area is 148 Å². The fourth-order valence-electron chi connectivity index (χ4n) is 2.12. The Kier molecular flexibility index (Phi) is 4.23. The standard InChI is InChI=1S/C15H8Br2Cl2N2/c1-7-4-9(18)2-3-10(7)15-20-13-11(14(19)21-15)5-8(16)6-12(13)17/h2-6H,1H3. The van der Waals surface area contributed by atoms with Crippen molar-refractivity contribution in [2.75, 3.05) is 0 Å². The molecule has 0 fully saturated rings. The molecule has 0 aliphatic carbocycles. The molecule has 0 saturated heterocycles. The third-order valence-corrected chi connectivity index (χ3v) is 4.69. The zero-order valence-corrected chi connectivity index (χ0v) is 15.5. The lowest BCUT2D eigenvalue weighted by molar-refractivity contribution is 1.21. The Morgan fingerprint density at radius 3 is 2.48 bits per heavy atom. The summed E-state index contributed by atoms with van der Waals surface area (Å²) < 4.78 is 1.78. The molecule has 3 rings (SSSR count). The van der Waals surface area contributed by atoms with E-state index in [1.54, 1.807) is 0 Å². The van der Waals surface area contributed by atoms with E-state index in [2.05, 4.69) is 41.8 Å². The second-order valence-corrected chi connectivity index (χ2v) is 7.15. The van der Waals surface area contributed by atoms with Crippen molar-refractivity contribution in [3.05, 3.63) is 55.0 Å². The topological polar surface area (TPSA) is 25.8 Å². The van der Waals surface area contributed by atoms with Gasteiger partial charge in [-0.2, -0.15) is 0 Å². The van der Waals surface area contributed by atoms with Crippen molar-refractivity contribution < 1.29 is 0 Å². The molecule has 1 aromatic heterocycles. The summed E-state index contributed by atoms with van der Waals surface area (Å²) in [6, 6.07) is 9.45. The van der Waals surface area contributed by atoms with Gasteiger partial charge >= 0.3 is 0 Å². The van der Waals surface area contributed by atoms with E-state index in [4.69, 9.17) is 23.2 Å². The molecule has 0 spiro atoms. The molecule has 2 aromatic carbocycles. The van der Waals surface area contributed by atoms with Gasteiger partial charge in [0.05, 0.1) is 5.52 Å². The van der Waals surface area contributed by atoms with Gasteiger partial charge in [-0.25, -0.2) is 9.97 Å². The molecule has 2 nitrogen and oxygen atoms in total. The van der Waals surface area contributed by atoms with E-state index in [9.17, 15) is 0 Å². The number of aromatic nitrogens is 2. The first-order valence-corrected chi connectivity index (χ1v) is 8.39. The van der Waals surface area contributed by atoms with Crippen molar-refractivity contribution in [1.82, 2.24) is 9.97 Å². The van der Waals surface area contributed by atoms with Crippen LogP contribution < -0.4 is 0 Å². The Morgan fingerprint density at radius 2 is 1.76 bits per heavy atom. The minimum atomic E-state index is 0.423. The highest BCUT2D eigenvalue weighted by Gasteiger charge is 2.13. The lowest BCUT2D eigenvalue weighted by Gasteiger charge is -2.09. The fraction of sp³-hybridized carbons (Fsp3) is 0.0667. The first-order chi connectivity index (χ1) is 9.95. The molecule has 0 saturated carbocycles. The quantitative estimate of drug-likeness (QED) is 0.402. The van der Waals surface area contributed by atoms with E-state index in [0.717, 1.165) is 31.0 Å². The second-order valence-electron chi connectivity index (χ2n) is 4.58. The molecular formula is C15H8Br2Cl2N2. The molecule has 0 unspecified atom stereocenters. The third-order valence-electron chi connectivity index (χ3n) is 3.10. The van der Waals surface area contributed by atoms with Crippen molar-refractivity contribution >= 4 is 66.0 Å². The maximum atomic E-state index is 6.32. The van der Waals surface area contributed by atoms with E-state index in [1.807, 2.05) is 37.3 Å². The summed E-state index contributed by atoms with van der Waals surface area (Å²) in [7, 11) is 0. The highest BCUT2D eigenvalue weighted by molar-refractivity contribution is 9.11. The molecule has 0 amide bonds. The Balaban J connectivity index is 2.30. The van der Waals surface area contributed by atoms with E-state index < -0.39 is 0 Å². The van der Waals surface area contributed by atoms with Gasteiger partial charge in [0.25, 0.3) is 0 Å². The number of aryl methyl sites for hydroxylation is 1. The van der Waals surface area contributed by atoms with Gasteiger partial charge in [0.1, 0.15) is 5.15 Å².